The summed E-state index contributed by atoms with van der Waals surface area (Å²) >= 11 is 5.93. The van der Waals surface area contributed by atoms with E-state index < -0.39 is 0 Å². The van der Waals surface area contributed by atoms with E-state index in [-0.39, 0.29) is 11.3 Å². The summed E-state index contributed by atoms with van der Waals surface area (Å²) in [4.78, 5) is 21.2. The molecule has 110 valence electrons. The molecule has 2 aromatic rings. The summed E-state index contributed by atoms with van der Waals surface area (Å²) in [7, 11) is 0. The Labute approximate surface area is 127 Å². The van der Waals surface area contributed by atoms with E-state index in [1.807, 2.05) is 12.1 Å². The van der Waals surface area contributed by atoms with Gasteiger partial charge in [-0.25, -0.2) is 4.98 Å². The van der Waals surface area contributed by atoms with Crippen LogP contribution < -0.4 is 5.56 Å². The second-order valence-corrected chi connectivity index (χ2v) is 5.69. The van der Waals surface area contributed by atoms with Gasteiger partial charge in [-0.05, 0) is 19.4 Å². The number of hydrogen-bond acceptors (Lipinski definition) is 4. The fourth-order valence-electron chi connectivity index (χ4n) is 2.68. The Kier molecular flexibility index (Phi) is 3.69. The maximum Gasteiger partial charge on any atom is 0.254 e. The van der Waals surface area contributed by atoms with Crippen molar-refractivity contribution < 1.29 is 5.11 Å². The third-order valence-corrected chi connectivity index (χ3v) is 4.04. The zero-order chi connectivity index (χ0) is 15.0. The second-order valence-electron chi connectivity index (χ2n) is 5.28. The Morgan fingerprint density at radius 3 is 3.10 bits per heavy atom. The molecular weight excluding hydrogens is 290 g/mol. The van der Waals surface area contributed by atoms with Crippen molar-refractivity contribution in [1.82, 2.24) is 14.9 Å². The van der Waals surface area contributed by atoms with Crippen LogP contribution in [0.2, 0.25) is 5.02 Å². The number of phenols is 1. The number of hydrogen-bond donors (Lipinski definition) is 2. The molecule has 0 saturated heterocycles. The molecule has 0 radical (unpaired) electrons. The molecule has 0 fully saturated rings. The average Bonchev–Trinajstić information content (AvgIpc) is 2.43. The Balaban J connectivity index is 1.84. The predicted molar refractivity (Wildman–Crippen MR) is 80.5 cm³/mol. The molecule has 2 heterocycles. The van der Waals surface area contributed by atoms with Gasteiger partial charge in [-0.3, -0.25) is 9.69 Å². The number of H-pyrrole nitrogens is 1. The van der Waals surface area contributed by atoms with Crippen LogP contribution in [0, 0.1) is 6.92 Å². The number of aromatic amines is 1. The molecule has 0 bridgehead atoms. The van der Waals surface area contributed by atoms with Gasteiger partial charge in [0.05, 0.1) is 10.7 Å². The van der Waals surface area contributed by atoms with E-state index in [0.29, 0.717) is 30.4 Å². The van der Waals surface area contributed by atoms with E-state index in [0.717, 1.165) is 23.4 Å². The number of fused-ring (bicyclic) bond motifs is 1. The number of nitrogens with one attached hydrogen (secondary N) is 1. The minimum Gasteiger partial charge on any atom is -0.506 e. The van der Waals surface area contributed by atoms with Crippen molar-refractivity contribution in [1.29, 1.82) is 0 Å². The number of aromatic nitrogens is 2. The molecule has 1 aromatic heterocycles. The summed E-state index contributed by atoms with van der Waals surface area (Å²) in [6, 6.07) is 5.34. The van der Waals surface area contributed by atoms with Crippen molar-refractivity contribution in [2.75, 3.05) is 6.54 Å². The van der Waals surface area contributed by atoms with Crippen molar-refractivity contribution in [2.24, 2.45) is 0 Å². The molecule has 1 aliphatic rings. The molecule has 1 aromatic carbocycles. The molecule has 1 aliphatic heterocycles. The fourth-order valence-corrected chi connectivity index (χ4v) is 2.88. The van der Waals surface area contributed by atoms with E-state index in [9.17, 15) is 9.90 Å². The lowest BCUT2D eigenvalue weighted by Gasteiger charge is -2.27. The Bertz CT molecular complexity index is 742. The summed E-state index contributed by atoms with van der Waals surface area (Å²) in [5.74, 6) is 0.756. The van der Waals surface area contributed by atoms with Crippen LogP contribution in [0.15, 0.2) is 23.0 Å². The number of aromatic hydroxyl groups is 1. The van der Waals surface area contributed by atoms with Gasteiger partial charge in [-0.1, -0.05) is 23.7 Å². The Morgan fingerprint density at radius 2 is 2.29 bits per heavy atom. The van der Waals surface area contributed by atoms with Crippen molar-refractivity contribution in [3.63, 3.8) is 0 Å². The van der Waals surface area contributed by atoms with Gasteiger partial charge in [-0.15, -0.1) is 0 Å². The van der Waals surface area contributed by atoms with Gasteiger partial charge in [0.1, 0.15) is 11.6 Å². The SMILES string of the molecule is Cc1nc2c(c(=O)[nH]1)CCN(Cc1cccc(Cl)c1O)C2. The Hall–Kier alpha value is -1.85. The summed E-state index contributed by atoms with van der Waals surface area (Å²) in [6.45, 7) is 3.72. The number of aryl methyl sites for hydroxylation is 1. The minimum atomic E-state index is -0.0391. The molecule has 0 atom stereocenters. The highest BCUT2D eigenvalue weighted by Crippen LogP contribution is 2.28. The molecule has 6 heteroatoms. The zero-order valence-corrected chi connectivity index (χ0v) is 12.4. The number of benzene rings is 1. The third kappa shape index (κ3) is 2.80. The molecule has 0 aliphatic carbocycles. The zero-order valence-electron chi connectivity index (χ0n) is 11.7. The quantitative estimate of drug-likeness (QED) is 0.890. The van der Waals surface area contributed by atoms with Gasteiger partial charge in [0.15, 0.2) is 0 Å². The maximum atomic E-state index is 11.9. The van der Waals surface area contributed by atoms with Gasteiger partial charge >= 0.3 is 0 Å². The van der Waals surface area contributed by atoms with E-state index in [1.165, 1.54) is 0 Å². The third-order valence-electron chi connectivity index (χ3n) is 3.74. The normalized spacial score (nSPS) is 15.0. The van der Waals surface area contributed by atoms with Crippen molar-refractivity contribution >= 4 is 11.6 Å². The molecule has 2 N–H and O–H groups in total. The summed E-state index contributed by atoms with van der Waals surface area (Å²) in [5, 5.41) is 10.3. The van der Waals surface area contributed by atoms with Crippen molar-refractivity contribution in [3.8, 4) is 5.75 Å². The average molecular weight is 306 g/mol. The van der Waals surface area contributed by atoms with Crippen LogP contribution in [0.5, 0.6) is 5.75 Å². The number of para-hydroxylation sites is 1. The Morgan fingerprint density at radius 1 is 1.48 bits per heavy atom. The summed E-state index contributed by atoms with van der Waals surface area (Å²) in [5.41, 5.74) is 2.34. The topological polar surface area (TPSA) is 69.2 Å². The number of phenolic OH excluding ortho intramolecular Hbond substituents is 1. The van der Waals surface area contributed by atoms with Crippen LogP contribution >= 0.6 is 11.6 Å². The van der Waals surface area contributed by atoms with Crippen LogP contribution in [-0.4, -0.2) is 26.5 Å². The van der Waals surface area contributed by atoms with Crippen molar-refractivity contribution in [2.45, 2.75) is 26.4 Å². The molecular formula is C15H16ClN3O2. The first-order chi connectivity index (χ1) is 10.0. The van der Waals surface area contributed by atoms with Gasteiger partial charge in [-0.2, -0.15) is 0 Å². The van der Waals surface area contributed by atoms with Gasteiger partial charge in [0.2, 0.25) is 0 Å². The van der Waals surface area contributed by atoms with Gasteiger partial charge < -0.3 is 10.1 Å². The smallest absolute Gasteiger partial charge is 0.254 e. The first kappa shape index (κ1) is 14.1. The van der Waals surface area contributed by atoms with Gasteiger partial charge in [0, 0.05) is 30.8 Å². The van der Waals surface area contributed by atoms with E-state index in [2.05, 4.69) is 14.9 Å². The molecule has 21 heavy (non-hydrogen) atoms. The maximum absolute atomic E-state index is 11.9. The first-order valence-corrected chi connectivity index (χ1v) is 7.20. The molecule has 0 amide bonds. The molecule has 0 saturated carbocycles. The molecule has 0 unspecified atom stereocenters. The molecule has 3 rings (SSSR count). The highest BCUT2D eigenvalue weighted by atomic mass is 35.5. The van der Waals surface area contributed by atoms with Crippen LogP contribution in [0.4, 0.5) is 0 Å². The fraction of sp³-hybridized carbons (Fsp3) is 0.333. The monoisotopic (exact) mass is 305 g/mol. The van der Waals surface area contributed by atoms with E-state index >= 15 is 0 Å². The van der Waals surface area contributed by atoms with Gasteiger partial charge in [0.25, 0.3) is 5.56 Å². The lowest BCUT2D eigenvalue weighted by molar-refractivity contribution is 0.237. The van der Waals surface area contributed by atoms with Crippen LogP contribution in [-0.2, 0) is 19.5 Å². The largest absolute Gasteiger partial charge is 0.506 e. The van der Waals surface area contributed by atoms with Crippen LogP contribution in [0.1, 0.15) is 22.6 Å². The number of rotatable bonds is 2. The summed E-state index contributed by atoms with van der Waals surface area (Å²) in [6.07, 6.45) is 0.666. The molecule has 0 spiro atoms. The highest BCUT2D eigenvalue weighted by molar-refractivity contribution is 6.32. The minimum absolute atomic E-state index is 0.0391. The second kappa shape index (κ2) is 5.50. The predicted octanol–water partition coefficient (Wildman–Crippen LogP) is 2.00. The standard InChI is InChI=1S/C15H16ClN3O2/c1-9-17-13-8-19(6-5-11(13)15(21)18-9)7-10-3-2-4-12(16)14(10)20/h2-4,20H,5-8H2,1H3,(H,17,18,21). The first-order valence-electron chi connectivity index (χ1n) is 6.82. The summed E-state index contributed by atoms with van der Waals surface area (Å²) < 4.78 is 0. The van der Waals surface area contributed by atoms with Crippen molar-refractivity contribution in [3.05, 3.63) is 56.2 Å². The number of halogens is 1. The van der Waals surface area contributed by atoms with Crippen LogP contribution in [0.25, 0.3) is 0 Å². The number of nitrogens with zero attached hydrogens (tertiary/aromatic N) is 2. The lowest BCUT2D eigenvalue weighted by atomic mass is 10.1. The molecule has 5 nitrogen and oxygen atoms in total. The highest BCUT2D eigenvalue weighted by Gasteiger charge is 2.21. The van der Waals surface area contributed by atoms with Crippen LogP contribution in [0.3, 0.4) is 0 Å². The van der Waals surface area contributed by atoms with E-state index in [4.69, 9.17) is 11.6 Å². The lowest BCUT2D eigenvalue weighted by Crippen LogP contribution is -2.35. The van der Waals surface area contributed by atoms with E-state index in [1.54, 1.807) is 13.0 Å².